The standard InChI is InChI=1S/C28H27N5O5S/c1-19-27-25(13-15-30-28(27)33(31-19)24-12-9-22(37-3)16-26(24)38-4)32(18-20-6-5-14-29-17-20)39(34,35)23-10-7-21(36-2)8-11-23/h5-17H,18H2,1-4H3. The van der Waals surface area contributed by atoms with Crippen LogP contribution in [0, 0.1) is 6.92 Å². The normalized spacial score (nSPS) is 11.4. The van der Waals surface area contributed by atoms with E-state index < -0.39 is 10.0 Å². The number of sulfonamides is 1. The first kappa shape index (κ1) is 26.0. The van der Waals surface area contributed by atoms with Gasteiger partial charge in [0.25, 0.3) is 10.0 Å². The molecular formula is C28H27N5O5S. The van der Waals surface area contributed by atoms with E-state index in [1.807, 2.05) is 19.1 Å². The van der Waals surface area contributed by atoms with Gasteiger partial charge in [-0.1, -0.05) is 6.07 Å². The number of methoxy groups -OCH3 is 3. The quantitative estimate of drug-likeness (QED) is 0.266. The Morgan fingerprint density at radius 2 is 1.64 bits per heavy atom. The predicted molar refractivity (Wildman–Crippen MR) is 147 cm³/mol. The summed E-state index contributed by atoms with van der Waals surface area (Å²) in [5, 5.41) is 5.33. The van der Waals surface area contributed by atoms with Gasteiger partial charge in [-0.05, 0) is 61.0 Å². The second-order valence-electron chi connectivity index (χ2n) is 8.61. The van der Waals surface area contributed by atoms with Crippen LogP contribution in [-0.4, -0.2) is 49.5 Å². The van der Waals surface area contributed by atoms with E-state index in [4.69, 9.17) is 19.3 Å². The average molecular weight is 546 g/mol. The smallest absolute Gasteiger partial charge is 0.264 e. The third kappa shape index (κ3) is 4.84. The van der Waals surface area contributed by atoms with Gasteiger partial charge in [0, 0.05) is 24.7 Å². The number of benzene rings is 2. The molecule has 5 aromatic rings. The molecule has 0 aliphatic rings. The predicted octanol–water partition coefficient (Wildman–Crippen LogP) is 4.55. The summed E-state index contributed by atoms with van der Waals surface area (Å²) in [6, 6.07) is 17.0. The molecule has 3 aromatic heterocycles. The molecule has 0 spiro atoms. The van der Waals surface area contributed by atoms with E-state index in [2.05, 4.69) is 9.97 Å². The van der Waals surface area contributed by atoms with Gasteiger partial charge in [0.15, 0.2) is 5.65 Å². The maximum atomic E-state index is 14.1. The Labute approximate surface area is 226 Å². The molecule has 11 heteroatoms. The fourth-order valence-corrected chi connectivity index (χ4v) is 5.83. The SMILES string of the molecule is COc1ccc(S(=O)(=O)N(Cc2cccnc2)c2ccnc3c2c(C)nn3-c2ccc(OC)cc2OC)cc1. The highest BCUT2D eigenvalue weighted by atomic mass is 32.2. The second-order valence-corrected chi connectivity index (χ2v) is 10.5. The fraction of sp³-hybridized carbons (Fsp3) is 0.179. The number of hydrogen-bond acceptors (Lipinski definition) is 8. The number of aryl methyl sites for hydroxylation is 1. The number of pyridine rings is 2. The molecule has 0 atom stereocenters. The van der Waals surface area contributed by atoms with Crippen molar-refractivity contribution in [1.29, 1.82) is 0 Å². The minimum absolute atomic E-state index is 0.0534. The van der Waals surface area contributed by atoms with E-state index in [9.17, 15) is 8.42 Å². The van der Waals surface area contributed by atoms with Gasteiger partial charge in [-0.2, -0.15) is 5.10 Å². The van der Waals surface area contributed by atoms with Crippen molar-refractivity contribution in [3.8, 4) is 22.9 Å². The maximum Gasteiger partial charge on any atom is 0.264 e. The van der Waals surface area contributed by atoms with Crippen LogP contribution in [0.4, 0.5) is 5.69 Å². The lowest BCUT2D eigenvalue weighted by Crippen LogP contribution is -2.31. The third-order valence-electron chi connectivity index (χ3n) is 6.30. The number of anilines is 1. The Bertz CT molecular complexity index is 1720. The summed E-state index contributed by atoms with van der Waals surface area (Å²) in [5.41, 5.74) is 2.89. The monoisotopic (exact) mass is 545 g/mol. The number of hydrogen-bond donors (Lipinski definition) is 0. The average Bonchev–Trinajstić information content (AvgIpc) is 3.32. The maximum absolute atomic E-state index is 14.1. The number of aromatic nitrogens is 4. The number of fused-ring (bicyclic) bond motifs is 1. The fourth-order valence-electron chi connectivity index (χ4n) is 4.36. The molecule has 0 N–H and O–H groups in total. The minimum Gasteiger partial charge on any atom is -0.497 e. The summed E-state index contributed by atoms with van der Waals surface area (Å²) in [5.74, 6) is 1.72. The van der Waals surface area contributed by atoms with Crippen LogP contribution < -0.4 is 18.5 Å². The van der Waals surface area contributed by atoms with Crippen LogP contribution in [0.15, 0.2) is 84.1 Å². The van der Waals surface area contributed by atoms with Crippen molar-refractivity contribution in [3.05, 3.63) is 90.5 Å². The molecule has 0 aliphatic heterocycles. The van der Waals surface area contributed by atoms with Crippen LogP contribution in [0.5, 0.6) is 17.2 Å². The summed E-state index contributed by atoms with van der Waals surface area (Å²) in [6.07, 6.45) is 4.87. The van der Waals surface area contributed by atoms with Gasteiger partial charge in [0.05, 0.1) is 49.5 Å². The van der Waals surface area contributed by atoms with Crippen molar-refractivity contribution >= 4 is 26.7 Å². The molecule has 0 bridgehead atoms. The second kappa shape index (κ2) is 10.6. The summed E-state index contributed by atoms with van der Waals surface area (Å²) < 4.78 is 47.4. The molecule has 10 nitrogen and oxygen atoms in total. The molecule has 3 heterocycles. The molecule has 0 saturated heterocycles. The van der Waals surface area contributed by atoms with E-state index >= 15 is 0 Å². The van der Waals surface area contributed by atoms with Crippen LogP contribution in [0.2, 0.25) is 0 Å². The van der Waals surface area contributed by atoms with Crippen molar-refractivity contribution < 1.29 is 22.6 Å². The molecule has 0 unspecified atom stereocenters. The lowest BCUT2D eigenvalue weighted by Gasteiger charge is -2.25. The Balaban J connectivity index is 1.71. The molecule has 0 aliphatic carbocycles. The Morgan fingerprint density at radius 1 is 0.897 bits per heavy atom. The van der Waals surface area contributed by atoms with Crippen molar-refractivity contribution in [2.24, 2.45) is 0 Å². The van der Waals surface area contributed by atoms with Gasteiger partial charge in [-0.25, -0.2) is 18.1 Å². The largest absolute Gasteiger partial charge is 0.497 e. The van der Waals surface area contributed by atoms with Gasteiger partial charge >= 0.3 is 0 Å². The van der Waals surface area contributed by atoms with Gasteiger partial charge in [0.1, 0.15) is 22.9 Å². The van der Waals surface area contributed by atoms with Crippen molar-refractivity contribution in [2.75, 3.05) is 25.6 Å². The number of ether oxygens (including phenoxy) is 3. The molecule has 0 radical (unpaired) electrons. The highest BCUT2D eigenvalue weighted by molar-refractivity contribution is 7.92. The summed E-state index contributed by atoms with van der Waals surface area (Å²) >= 11 is 0. The Hall–Kier alpha value is -4.64. The van der Waals surface area contributed by atoms with Crippen LogP contribution in [0.3, 0.4) is 0 Å². The summed E-state index contributed by atoms with van der Waals surface area (Å²) in [7, 11) is 0.655. The zero-order valence-corrected chi connectivity index (χ0v) is 22.7. The molecule has 5 rings (SSSR count). The minimum atomic E-state index is -4.02. The van der Waals surface area contributed by atoms with Crippen molar-refractivity contribution in [3.63, 3.8) is 0 Å². The van der Waals surface area contributed by atoms with Crippen molar-refractivity contribution in [2.45, 2.75) is 18.4 Å². The van der Waals surface area contributed by atoms with Crippen LogP contribution in [-0.2, 0) is 16.6 Å². The summed E-state index contributed by atoms with van der Waals surface area (Å²) in [6.45, 7) is 1.88. The lowest BCUT2D eigenvalue weighted by molar-refractivity contribution is 0.392. The first-order valence-corrected chi connectivity index (χ1v) is 13.4. The number of nitrogens with zero attached hydrogens (tertiary/aromatic N) is 5. The zero-order chi connectivity index (χ0) is 27.6. The van der Waals surface area contributed by atoms with Crippen LogP contribution in [0.1, 0.15) is 11.3 Å². The molecule has 0 amide bonds. The molecular weight excluding hydrogens is 518 g/mol. The highest BCUT2D eigenvalue weighted by Crippen LogP contribution is 2.36. The third-order valence-corrected chi connectivity index (χ3v) is 8.08. The first-order chi connectivity index (χ1) is 18.9. The number of rotatable bonds is 9. The van der Waals surface area contributed by atoms with E-state index in [0.717, 1.165) is 5.56 Å². The van der Waals surface area contributed by atoms with Crippen molar-refractivity contribution in [1.82, 2.24) is 19.7 Å². The molecule has 39 heavy (non-hydrogen) atoms. The Kier molecular flexibility index (Phi) is 7.07. The molecule has 200 valence electrons. The van der Waals surface area contributed by atoms with E-state index in [1.54, 1.807) is 73.9 Å². The van der Waals surface area contributed by atoms with Crippen LogP contribution in [0.25, 0.3) is 16.7 Å². The van der Waals surface area contributed by atoms with E-state index in [-0.39, 0.29) is 11.4 Å². The van der Waals surface area contributed by atoms with Gasteiger partial charge in [0.2, 0.25) is 0 Å². The van der Waals surface area contributed by atoms with Gasteiger partial charge < -0.3 is 14.2 Å². The van der Waals surface area contributed by atoms with Crippen LogP contribution >= 0.6 is 0 Å². The zero-order valence-electron chi connectivity index (χ0n) is 21.9. The molecule has 0 fully saturated rings. The summed E-state index contributed by atoms with van der Waals surface area (Å²) in [4.78, 5) is 8.89. The topological polar surface area (TPSA) is 109 Å². The lowest BCUT2D eigenvalue weighted by atomic mass is 10.2. The van der Waals surface area contributed by atoms with Gasteiger partial charge in [-0.3, -0.25) is 9.29 Å². The Morgan fingerprint density at radius 3 is 2.31 bits per heavy atom. The van der Waals surface area contributed by atoms with Gasteiger partial charge in [-0.15, -0.1) is 0 Å². The van der Waals surface area contributed by atoms with E-state index in [0.29, 0.717) is 45.4 Å². The molecule has 2 aromatic carbocycles. The first-order valence-electron chi connectivity index (χ1n) is 12.0. The molecule has 0 saturated carbocycles. The van der Waals surface area contributed by atoms with E-state index in [1.165, 1.54) is 23.5 Å². The highest BCUT2D eigenvalue weighted by Gasteiger charge is 2.29.